The smallest absolute Gasteiger partial charge is 0.235 e. The molecule has 2 saturated heterocycles. The van der Waals surface area contributed by atoms with Crippen molar-refractivity contribution in [2.75, 3.05) is 0 Å². The zero-order valence-electron chi connectivity index (χ0n) is 23.1. The van der Waals surface area contributed by atoms with Gasteiger partial charge in [-0.3, -0.25) is 14.4 Å². The van der Waals surface area contributed by atoms with E-state index in [1.807, 2.05) is 49.5 Å². The molecule has 9 atom stereocenters. The number of aliphatic hydroxyl groups excluding tert-OH is 1. The molecular formula is C32H38N2O5. The maximum absolute atomic E-state index is 14.3. The monoisotopic (exact) mass is 530 g/mol. The van der Waals surface area contributed by atoms with Crippen LogP contribution < -0.4 is 5.32 Å². The summed E-state index contributed by atoms with van der Waals surface area (Å²) in [4.78, 5) is 44.7. The van der Waals surface area contributed by atoms with Crippen molar-refractivity contribution in [2.45, 2.75) is 77.2 Å². The summed E-state index contributed by atoms with van der Waals surface area (Å²) in [5.41, 5.74) is 0.921. The number of para-hydroxylation sites is 1. The van der Waals surface area contributed by atoms with Gasteiger partial charge < -0.3 is 20.1 Å². The molecule has 2 aromatic rings. The van der Waals surface area contributed by atoms with Crippen molar-refractivity contribution >= 4 is 28.4 Å². The average Bonchev–Trinajstić information content (AvgIpc) is 3.31. The Morgan fingerprint density at radius 3 is 2.72 bits per heavy atom. The van der Waals surface area contributed by atoms with Crippen molar-refractivity contribution < 1.29 is 24.2 Å². The highest BCUT2D eigenvalue weighted by Gasteiger charge is 2.78. The second kappa shape index (κ2) is 9.27. The van der Waals surface area contributed by atoms with Gasteiger partial charge in [0.15, 0.2) is 5.78 Å². The van der Waals surface area contributed by atoms with E-state index >= 15 is 0 Å². The van der Waals surface area contributed by atoms with E-state index in [9.17, 15) is 19.5 Å². The van der Waals surface area contributed by atoms with E-state index in [4.69, 9.17) is 4.74 Å². The summed E-state index contributed by atoms with van der Waals surface area (Å²) < 4.78 is 6.35. The molecule has 2 aliphatic carbocycles. The first-order chi connectivity index (χ1) is 18.6. The second-order valence-electron chi connectivity index (χ2n) is 12.4. The lowest BCUT2D eigenvalue weighted by molar-refractivity contribution is -0.148. The molecule has 3 fully saturated rings. The van der Waals surface area contributed by atoms with Gasteiger partial charge in [-0.2, -0.15) is 0 Å². The van der Waals surface area contributed by atoms with Gasteiger partial charge in [0.25, 0.3) is 0 Å². The third kappa shape index (κ3) is 3.88. The number of fused-ring (bicyclic) bond motifs is 3. The zero-order chi connectivity index (χ0) is 27.7. The Labute approximate surface area is 229 Å². The minimum Gasteiger partial charge on any atom is -0.385 e. The number of amides is 1. The van der Waals surface area contributed by atoms with Crippen LogP contribution in [0.4, 0.5) is 0 Å². The predicted octanol–water partition coefficient (Wildman–Crippen LogP) is 4.06. The van der Waals surface area contributed by atoms with Gasteiger partial charge >= 0.3 is 0 Å². The quantitative estimate of drug-likeness (QED) is 0.308. The van der Waals surface area contributed by atoms with Crippen LogP contribution >= 0.6 is 0 Å². The number of epoxide rings is 1. The van der Waals surface area contributed by atoms with Crippen LogP contribution in [0.2, 0.25) is 0 Å². The molecule has 39 heavy (non-hydrogen) atoms. The molecule has 9 unspecified atom stereocenters. The number of aromatic nitrogens is 1. The molecule has 1 spiro atoms. The van der Waals surface area contributed by atoms with Gasteiger partial charge in [0.2, 0.25) is 5.91 Å². The van der Waals surface area contributed by atoms with Crippen LogP contribution in [0, 0.1) is 29.1 Å². The minimum atomic E-state index is -1.31. The van der Waals surface area contributed by atoms with E-state index in [1.54, 1.807) is 6.92 Å². The Hall–Kier alpha value is -3.03. The van der Waals surface area contributed by atoms with E-state index in [0.29, 0.717) is 18.4 Å². The number of nitrogens with one attached hydrogen (secondary N) is 2. The molecular weight excluding hydrogens is 492 g/mol. The standard InChI is InChI=1S/C32H38N2O5/c1-17-8-7-10-22-29-31(4,39-29)19(3)27-24(15-20-16-33-23-11-6-5-9-21(20)23)34-30(38)32(22,27)26(36)13-12-25(35)28(37)18(2)14-17/h5-7,9-11,14,16-17,19,22,24-25,27,29,33,35H,8,12-13,15H2,1-4H3,(H,34,38). The Balaban J connectivity index is 1.43. The highest BCUT2D eigenvalue weighted by atomic mass is 16.6. The largest absolute Gasteiger partial charge is 0.385 e. The van der Waals surface area contributed by atoms with E-state index < -0.39 is 23.0 Å². The molecule has 4 aliphatic rings. The molecule has 7 heteroatoms. The molecule has 0 radical (unpaired) electrons. The molecule has 6 rings (SSSR count). The lowest BCUT2D eigenvalue weighted by atomic mass is 9.51. The summed E-state index contributed by atoms with van der Waals surface area (Å²) in [7, 11) is 0. The fourth-order valence-corrected chi connectivity index (χ4v) is 7.95. The van der Waals surface area contributed by atoms with Crippen molar-refractivity contribution in [3.63, 3.8) is 0 Å². The second-order valence-corrected chi connectivity index (χ2v) is 12.4. The molecule has 1 aromatic heterocycles. The van der Waals surface area contributed by atoms with Crippen LogP contribution in [0.15, 0.2) is 54.3 Å². The summed E-state index contributed by atoms with van der Waals surface area (Å²) in [6.45, 7) is 7.95. The number of carbonyl (C=O) groups is 3. The molecule has 3 heterocycles. The van der Waals surface area contributed by atoms with Crippen LogP contribution in [0.1, 0.15) is 52.5 Å². The van der Waals surface area contributed by atoms with Crippen molar-refractivity contribution in [3.8, 4) is 0 Å². The molecule has 7 nitrogen and oxygen atoms in total. The van der Waals surface area contributed by atoms with Crippen LogP contribution in [-0.2, 0) is 25.5 Å². The fourth-order valence-electron chi connectivity index (χ4n) is 7.95. The first-order valence-electron chi connectivity index (χ1n) is 14.2. The van der Waals surface area contributed by atoms with Gasteiger partial charge in [0.05, 0.1) is 11.7 Å². The number of aromatic amines is 1. The lowest BCUT2D eigenvalue weighted by Crippen LogP contribution is -2.58. The molecule has 206 valence electrons. The van der Waals surface area contributed by atoms with E-state index in [0.717, 1.165) is 16.5 Å². The fraction of sp³-hybridized carbons (Fsp3) is 0.531. The summed E-state index contributed by atoms with van der Waals surface area (Å²) in [6.07, 6.45) is 7.67. The van der Waals surface area contributed by atoms with E-state index in [1.165, 1.54) is 0 Å². The van der Waals surface area contributed by atoms with Gasteiger partial charge in [-0.15, -0.1) is 0 Å². The summed E-state index contributed by atoms with van der Waals surface area (Å²) in [5, 5.41) is 15.1. The minimum absolute atomic E-state index is 0.000298. The average molecular weight is 531 g/mol. The van der Waals surface area contributed by atoms with Crippen LogP contribution in [-0.4, -0.2) is 51.4 Å². The number of hydrogen-bond donors (Lipinski definition) is 3. The Bertz CT molecular complexity index is 1410. The first-order valence-corrected chi connectivity index (χ1v) is 14.2. The first kappa shape index (κ1) is 26.2. The predicted molar refractivity (Wildman–Crippen MR) is 148 cm³/mol. The SMILES string of the molecule is CC1=CC(C)CC=CC2C3OC3(C)C(C)C3C(Cc4c[nH]c5ccccc45)NC(=O)C23C(=O)CCC(O)C1=O. The summed E-state index contributed by atoms with van der Waals surface area (Å²) in [6, 6.07) is 7.85. The number of Topliss-reactive ketones (excluding diaryl/α,β-unsaturated/α-hetero) is 2. The Morgan fingerprint density at radius 1 is 1.15 bits per heavy atom. The number of allylic oxidation sites excluding steroid dienone is 2. The number of ether oxygens (including phenoxy) is 1. The summed E-state index contributed by atoms with van der Waals surface area (Å²) in [5.74, 6) is -1.48. The van der Waals surface area contributed by atoms with Crippen LogP contribution in [0.25, 0.3) is 10.9 Å². The number of benzene rings is 1. The van der Waals surface area contributed by atoms with Crippen molar-refractivity contribution in [2.24, 2.45) is 29.1 Å². The normalized spacial score (nSPS) is 40.5. The molecule has 1 amide bonds. The van der Waals surface area contributed by atoms with Crippen LogP contribution in [0.3, 0.4) is 0 Å². The highest BCUT2D eigenvalue weighted by molar-refractivity contribution is 6.09. The number of H-pyrrole nitrogens is 1. The third-order valence-corrected chi connectivity index (χ3v) is 10.1. The van der Waals surface area contributed by atoms with E-state index in [2.05, 4.69) is 30.2 Å². The van der Waals surface area contributed by atoms with E-state index in [-0.39, 0.29) is 60.2 Å². The van der Waals surface area contributed by atoms with Crippen molar-refractivity contribution in [1.29, 1.82) is 0 Å². The molecule has 2 aliphatic heterocycles. The summed E-state index contributed by atoms with van der Waals surface area (Å²) >= 11 is 0. The van der Waals surface area contributed by atoms with Gasteiger partial charge in [0, 0.05) is 41.4 Å². The number of rotatable bonds is 2. The maximum atomic E-state index is 14.3. The zero-order valence-corrected chi connectivity index (χ0v) is 23.1. The van der Waals surface area contributed by atoms with Crippen molar-refractivity contribution in [1.82, 2.24) is 10.3 Å². The molecule has 0 bridgehead atoms. The van der Waals surface area contributed by atoms with Gasteiger partial charge in [0.1, 0.15) is 17.3 Å². The highest BCUT2D eigenvalue weighted by Crippen LogP contribution is 2.66. The Kier molecular flexibility index (Phi) is 6.23. The van der Waals surface area contributed by atoms with Gasteiger partial charge in [-0.1, -0.05) is 50.3 Å². The lowest BCUT2D eigenvalue weighted by Gasteiger charge is -2.46. The number of aliphatic hydroxyl groups is 1. The molecule has 1 saturated carbocycles. The van der Waals surface area contributed by atoms with Crippen LogP contribution in [0.5, 0.6) is 0 Å². The number of ketones is 2. The van der Waals surface area contributed by atoms with Gasteiger partial charge in [-0.05, 0) is 62.1 Å². The number of hydrogen-bond acceptors (Lipinski definition) is 5. The van der Waals surface area contributed by atoms with Crippen molar-refractivity contribution in [3.05, 3.63) is 59.8 Å². The topological polar surface area (TPSA) is 112 Å². The maximum Gasteiger partial charge on any atom is 0.235 e. The number of carbonyl (C=O) groups excluding carboxylic acids is 3. The third-order valence-electron chi connectivity index (χ3n) is 10.1. The van der Waals surface area contributed by atoms with Gasteiger partial charge in [-0.25, -0.2) is 0 Å². The Morgan fingerprint density at radius 2 is 1.92 bits per heavy atom. The molecule has 3 N–H and O–H groups in total. The molecule has 1 aromatic carbocycles.